The Kier molecular flexibility index (Phi) is 5.11. The Morgan fingerprint density at radius 3 is 2.33 bits per heavy atom. The molecule has 100 valence electrons. The van der Waals surface area contributed by atoms with Crippen LogP contribution < -0.4 is 0 Å². The van der Waals surface area contributed by atoms with Crippen molar-refractivity contribution < 1.29 is 8.42 Å². The molecule has 0 spiro atoms. The van der Waals surface area contributed by atoms with E-state index in [1.807, 2.05) is 26.0 Å². The van der Waals surface area contributed by atoms with Crippen molar-refractivity contribution in [1.29, 1.82) is 0 Å². The smallest absolute Gasteiger partial charge is 0.207 e. The molecule has 0 N–H and O–H groups in total. The number of sulfonamides is 1. The third-order valence-corrected chi connectivity index (χ3v) is 4.92. The van der Waals surface area contributed by atoms with E-state index < -0.39 is 10.0 Å². The van der Waals surface area contributed by atoms with Crippen molar-refractivity contribution in [2.24, 2.45) is 0 Å². The highest BCUT2D eigenvalue weighted by molar-refractivity contribution is 7.89. The lowest BCUT2D eigenvalue weighted by atomic mass is 10.2. The van der Waals surface area contributed by atoms with Gasteiger partial charge in [0.1, 0.15) is 0 Å². The minimum absolute atomic E-state index is 0.152. The van der Waals surface area contributed by atoms with Gasteiger partial charge in [-0.25, -0.2) is 8.42 Å². The standard InChI is InChI=1S/C14H21NO2S/c1-5-7-13(6-2)15(4)18(16,17)14-10-8-12(3)9-11-14/h6,8-11,13H,2,5,7H2,1,3-4H3. The van der Waals surface area contributed by atoms with E-state index in [0.717, 1.165) is 18.4 Å². The number of aryl methyl sites for hydroxylation is 1. The zero-order chi connectivity index (χ0) is 13.8. The first kappa shape index (κ1) is 14.9. The number of benzene rings is 1. The van der Waals surface area contributed by atoms with Crippen LogP contribution in [0.15, 0.2) is 41.8 Å². The summed E-state index contributed by atoms with van der Waals surface area (Å²) in [4.78, 5) is 0.332. The van der Waals surface area contributed by atoms with E-state index in [4.69, 9.17) is 0 Å². The van der Waals surface area contributed by atoms with Gasteiger partial charge < -0.3 is 0 Å². The quantitative estimate of drug-likeness (QED) is 0.743. The Bertz CT molecular complexity index is 491. The Balaban J connectivity index is 3.05. The molecule has 0 aliphatic rings. The highest BCUT2D eigenvalue weighted by Crippen LogP contribution is 2.19. The highest BCUT2D eigenvalue weighted by Gasteiger charge is 2.25. The van der Waals surface area contributed by atoms with Crippen LogP contribution in [-0.2, 0) is 10.0 Å². The van der Waals surface area contributed by atoms with Gasteiger partial charge in [-0.15, -0.1) is 6.58 Å². The topological polar surface area (TPSA) is 37.4 Å². The van der Waals surface area contributed by atoms with Crippen molar-refractivity contribution >= 4 is 10.0 Å². The van der Waals surface area contributed by atoms with E-state index in [0.29, 0.717) is 4.90 Å². The molecule has 1 unspecified atom stereocenters. The SMILES string of the molecule is C=CC(CCC)N(C)S(=O)(=O)c1ccc(C)cc1. The summed E-state index contributed by atoms with van der Waals surface area (Å²) in [6.45, 7) is 7.68. The molecule has 1 aromatic rings. The van der Waals surface area contributed by atoms with Crippen LogP contribution in [0.1, 0.15) is 25.3 Å². The molecule has 0 saturated heterocycles. The van der Waals surface area contributed by atoms with Gasteiger partial charge in [-0.1, -0.05) is 37.1 Å². The van der Waals surface area contributed by atoms with Gasteiger partial charge in [-0.2, -0.15) is 4.31 Å². The molecule has 1 atom stereocenters. The molecule has 0 aliphatic carbocycles. The lowest BCUT2D eigenvalue weighted by Crippen LogP contribution is -2.35. The second kappa shape index (κ2) is 6.16. The molecule has 0 aliphatic heterocycles. The summed E-state index contributed by atoms with van der Waals surface area (Å²) in [6.07, 6.45) is 3.39. The van der Waals surface area contributed by atoms with Crippen LogP contribution >= 0.6 is 0 Å². The van der Waals surface area contributed by atoms with Crippen molar-refractivity contribution in [2.75, 3.05) is 7.05 Å². The summed E-state index contributed by atoms with van der Waals surface area (Å²) in [5, 5.41) is 0. The van der Waals surface area contributed by atoms with Crippen LogP contribution in [0.25, 0.3) is 0 Å². The highest BCUT2D eigenvalue weighted by atomic mass is 32.2. The van der Waals surface area contributed by atoms with E-state index in [-0.39, 0.29) is 6.04 Å². The average Bonchev–Trinajstić information content (AvgIpc) is 2.35. The van der Waals surface area contributed by atoms with E-state index in [9.17, 15) is 8.42 Å². The minimum Gasteiger partial charge on any atom is -0.207 e. The molecular formula is C14H21NO2S. The number of nitrogens with zero attached hydrogens (tertiary/aromatic N) is 1. The summed E-state index contributed by atoms with van der Waals surface area (Å²) < 4.78 is 26.2. The summed E-state index contributed by atoms with van der Waals surface area (Å²) in [5.74, 6) is 0. The lowest BCUT2D eigenvalue weighted by Gasteiger charge is -2.24. The first-order chi connectivity index (χ1) is 8.43. The van der Waals surface area contributed by atoms with E-state index in [1.165, 1.54) is 4.31 Å². The van der Waals surface area contributed by atoms with Gasteiger partial charge in [-0.05, 0) is 25.5 Å². The third-order valence-electron chi connectivity index (χ3n) is 3.02. The zero-order valence-corrected chi connectivity index (χ0v) is 12.1. The number of rotatable bonds is 6. The molecule has 1 aromatic carbocycles. The Morgan fingerprint density at radius 1 is 1.33 bits per heavy atom. The van der Waals surface area contributed by atoms with Gasteiger partial charge in [0.25, 0.3) is 0 Å². The van der Waals surface area contributed by atoms with Crippen molar-refractivity contribution in [1.82, 2.24) is 4.31 Å². The summed E-state index contributed by atoms with van der Waals surface area (Å²) in [7, 11) is -1.82. The van der Waals surface area contributed by atoms with E-state index >= 15 is 0 Å². The molecule has 0 saturated carbocycles. The van der Waals surface area contributed by atoms with Gasteiger partial charge in [-0.3, -0.25) is 0 Å². The summed E-state index contributed by atoms with van der Waals surface area (Å²) in [6, 6.07) is 6.76. The second-order valence-electron chi connectivity index (χ2n) is 4.43. The van der Waals surface area contributed by atoms with E-state index in [2.05, 4.69) is 6.58 Å². The average molecular weight is 267 g/mol. The van der Waals surface area contributed by atoms with Gasteiger partial charge in [0, 0.05) is 13.1 Å². The fourth-order valence-electron chi connectivity index (χ4n) is 1.80. The minimum atomic E-state index is -3.43. The van der Waals surface area contributed by atoms with Crippen molar-refractivity contribution in [3.63, 3.8) is 0 Å². The Morgan fingerprint density at radius 2 is 1.89 bits per heavy atom. The fourth-order valence-corrected chi connectivity index (χ4v) is 3.16. The molecule has 3 nitrogen and oxygen atoms in total. The maximum Gasteiger partial charge on any atom is 0.243 e. The molecule has 0 amide bonds. The van der Waals surface area contributed by atoms with Gasteiger partial charge in [0.15, 0.2) is 0 Å². The number of hydrogen-bond acceptors (Lipinski definition) is 2. The molecule has 0 radical (unpaired) electrons. The second-order valence-corrected chi connectivity index (χ2v) is 6.42. The predicted molar refractivity (Wildman–Crippen MR) is 75.0 cm³/mol. The molecule has 18 heavy (non-hydrogen) atoms. The third kappa shape index (κ3) is 3.21. The first-order valence-electron chi connectivity index (χ1n) is 6.10. The predicted octanol–water partition coefficient (Wildman–Crippen LogP) is 2.97. The Labute approximate surface area is 110 Å². The molecule has 0 aromatic heterocycles. The Hall–Kier alpha value is -1.13. The maximum absolute atomic E-state index is 12.4. The fraction of sp³-hybridized carbons (Fsp3) is 0.429. The normalized spacial score (nSPS) is 13.6. The lowest BCUT2D eigenvalue weighted by molar-refractivity contribution is 0.398. The molecular weight excluding hydrogens is 246 g/mol. The van der Waals surface area contributed by atoms with Crippen molar-refractivity contribution in [3.05, 3.63) is 42.5 Å². The largest absolute Gasteiger partial charge is 0.243 e. The molecule has 0 heterocycles. The monoisotopic (exact) mass is 267 g/mol. The van der Waals surface area contributed by atoms with E-state index in [1.54, 1.807) is 25.3 Å². The van der Waals surface area contributed by atoms with Gasteiger partial charge in [0.2, 0.25) is 10.0 Å². The number of hydrogen-bond donors (Lipinski definition) is 0. The van der Waals surface area contributed by atoms with Gasteiger partial charge >= 0.3 is 0 Å². The molecule has 4 heteroatoms. The van der Waals surface area contributed by atoms with Gasteiger partial charge in [0.05, 0.1) is 4.90 Å². The zero-order valence-electron chi connectivity index (χ0n) is 11.3. The first-order valence-corrected chi connectivity index (χ1v) is 7.54. The summed E-state index contributed by atoms with van der Waals surface area (Å²) in [5.41, 5.74) is 1.05. The van der Waals surface area contributed by atoms with Crippen LogP contribution in [0.4, 0.5) is 0 Å². The number of likely N-dealkylation sites (N-methyl/N-ethyl adjacent to an activating group) is 1. The molecule has 1 rings (SSSR count). The van der Waals surface area contributed by atoms with Crippen LogP contribution in [-0.4, -0.2) is 25.8 Å². The maximum atomic E-state index is 12.4. The van der Waals surface area contributed by atoms with Crippen LogP contribution in [0.2, 0.25) is 0 Å². The van der Waals surface area contributed by atoms with Crippen LogP contribution in [0, 0.1) is 6.92 Å². The molecule has 0 fully saturated rings. The molecule has 0 bridgehead atoms. The van der Waals surface area contributed by atoms with Crippen LogP contribution in [0.3, 0.4) is 0 Å². The summed E-state index contributed by atoms with van der Waals surface area (Å²) >= 11 is 0. The van der Waals surface area contributed by atoms with Crippen molar-refractivity contribution in [2.45, 2.75) is 37.6 Å². The van der Waals surface area contributed by atoms with Crippen LogP contribution in [0.5, 0.6) is 0 Å². The van der Waals surface area contributed by atoms with Crippen molar-refractivity contribution in [3.8, 4) is 0 Å².